The first-order valence-corrected chi connectivity index (χ1v) is 9.48. The fraction of sp³-hybridized carbons (Fsp3) is 0.500. The molecule has 2 rings (SSSR count). The summed E-state index contributed by atoms with van der Waals surface area (Å²) < 4.78 is 23.7. The maximum atomic E-state index is 12.3. The van der Waals surface area contributed by atoms with Gasteiger partial charge >= 0.3 is 5.97 Å². The molecule has 23 heavy (non-hydrogen) atoms. The smallest absolute Gasteiger partial charge is 0.306 e. The number of aliphatic carboxylic acids is 1. The second-order valence-corrected chi connectivity index (χ2v) is 7.95. The summed E-state index contributed by atoms with van der Waals surface area (Å²) in [6.07, 6.45) is 3.26. The van der Waals surface area contributed by atoms with E-state index in [2.05, 4.69) is 5.32 Å². The normalized spacial score (nSPS) is 21.1. The number of sulfone groups is 1. The van der Waals surface area contributed by atoms with E-state index in [0.29, 0.717) is 31.2 Å². The van der Waals surface area contributed by atoms with Gasteiger partial charge in [0.15, 0.2) is 9.84 Å². The maximum Gasteiger partial charge on any atom is 0.306 e. The van der Waals surface area contributed by atoms with Crippen LogP contribution in [0.25, 0.3) is 0 Å². The number of carbonyl (C=O) groups excluding carboxylic acids is 1. The van der Waals surface area contributed by atoms with E-state index in [1.807, 2.05) is 6.92 Å². The molecule has 1 fully saturated rings. The number of hydrogen-bond donors (Lipinski definition) is 2. The first kappa shape index (κ1) is 17.5. The van der Waals surface area contributed by atoms with Crippen LogP contribution in [-0.2, 0) is 21.1 Å². The Hall–Kier alpha value is -1.89. The summed E-state index contributed by atoms with van der Waals surface area (Å²) in [6.45, 7) is 1.86. The molecule has 0 bridgehead atoms. The topological polar surface area (TPSA) is 101 Å². The zero-order valence-corrected chi connectivity index (χ0v) is 14.0. The molecular formula is C16H21NO5S. The van der Waals surface area contributed by atoms with Crippen molar-refractivity contribution in [1.29, 1.82) is 0 Å². The van der Waals surface area contributed by atoms with Gasteiger partial charge in [0.25, 0.3) is 5.91 Å². The van der Waals surface area contributed by atoms with Crippen LogP contribution >= 0.6 is 0 Å². The number of amides is 1. The molecule has 0 aliphatic heterocycles. The predicted molar refractivity (Wildman–Crippen MR) is 85.2 cm³/mol. The molecule has 1 amide bonds. The van der Waals surface area contributed by atoms with E-state index in [-0.39, 0.29) is 22.4 Å². The van der Waals surface area contributed by atoms with Gasteiger partial charge in [0.1, 0.15) is 0 Å². The molecule has 6 nitrogen and oxygen atoms in total. The number of rotatable bonds is 5. The Labute approximate surface area is 135 Å². The second kappa shape index (κ2) is 6.70. The molecule has 0 aromatic heterocycles. The third kappa shape index (κ3) is 4.10. The monoisotopic (exact) mass is 339 g/mol. The van der Waals surface area contributed by atoms with E-state index in [1.165, 1.54) is 6.07 Å². The molecule has 0 heterocycles. The molecule has 1 aliphatic rings. The maximum absolute atomic E-state index is 12.3. The Balaban J connectivity index is 2.16. The van der Waals surface area contributed by atoms with Gasteiger partial charge in [-0.1, -0.05) is 13.0 Å². The molecule has 0 saturated heterocycles. The zero-order chi connectivity index (χ0) is 17.2. The Bertz CT molecular complexity index is 726. The number of carbonyl (C=O) groups is 2. The fourth-order valence-electron chi connectivity index (χ4n) is 2.94. The van der Waals surface area contributed by atoms with E-state index in [9.17, 15) is 18.0 Å². The summed E-state index contributed by atoms with van der Waals surface area (Å²) in [5.41, 5.74) is 0.956. The number of hydrogen-bond acceptors (Lipinski definition) is 4. The van der Waals surface area contributed by atoms with Crippen LogP contribution in [0, 0.1) is 5.92 Å². The van der Waals surface area contributed by atoms with Gasteiger partial charge in [-0.25, -0.2) is 8.42 Å². The minimum atomic E-state index is -3.41. The fourth-order valence-corrected chi connectivity index (χ4v) is 3.97. The quantitative estimate of drug-likeness (QED) is 0.849. The highest BCUT2D eigenvalue weighted by Gasteiger charge is 2.30. The van der Waals surface area contributed by atoms with Crippen molar-refractivity contribution in [1.82, 2.24) is 5.32 Å². The van der Waals surface area contributed by atoms with Crippen LogP contribution in [0.4, 0.5) is 0 Å². The van der Waals surface area contributed by atoms with Gasteiger partial charge < -0.3 is 10.4 Å². The summed E-state index contributed by atoms with van der Waals surface area (Å²) in [7, 11) is -3.41. The first-order valence-electron chi connectivity index (χ1n) is 7.59. The van der Waals surface area contributed by atoms with Crippen LogP contribution < -0.4 is 5.32 Å². The van der Waals surface area contributed by atoms with Crippen LogP contribution in [0.5, 0.6) is 0 Å². The van der Waals surface area contributed by atoms with Crippen molar-refractivity contribution in [3.8, 4) is 0 Å². The third-order valence-electron chi connectivity index (χ3n) is 4.23. The first-order chi connectivity index (χ1) is 10.7. The Kier molecular flexibility index (Phi) is 5.09. The molecule has 0 radical (unpaired) electrons. The van der Waals surface area contributed by atoms with Crippen molar-refractivity contribution < 1.29 is 23.1 Å². The van der Waals surface area contributed by atoms with Crippen molar-refractivity contribution >= 4 is 21.7 Å². The van der Waals surface area contributed by atoms with Gasteiger partial charge in [-0.15, -0.1) is 0 Å². The van der Waals surface area contributed by atoms with Crippen molar-refractivity contribution in [2.45, 2.75) is 43.5 Å². The minimum Gasteiger partial charge on any atom is -0.481 e. The standard InChI is InChI=1S/C16H21NO5S/c1-3-10-4-5-11(9-14(10)23(2,21)22)15(18)17-13-7-6-12(8-13)16(19)20/h4-5,9,12-13H,3,6-8H2,1-2H3,(H,17,18)(H,19,20)/t12-,13+/m0/s1. The lowest BCUT2D eigenvalue weighted by molar-refractivity contribution is -0.141. The summed E-state index contributed by atoms with van der Waals surface area (Å²) in [5.74, 6) is -1.63. The van der Waals surface area contributed by atoms with Crippen molar-refractivity contribution in [2.75, 3.05) is 6.26 Å². The van der Waals surface area contributed by atoms with Crippen LogP contribution in [-0.4, -0.2) is 37.7 Å². The summed E-state index contributed by atoms with van der Waals surface area (Å²) >= 11 is 0. The van der Waals surface area contributed by atoms with E-state index in [4.69, 9.17) is 5.11 Å². The average molecular weight is 339 g/mol. The predicted octanol–water partition coefficient (Wildman–Crippen LogP) is 1.64. The van der Waals surface area contributed by atoms with E-state index < -0.39 is 21.7 Å². The number of carboxylic acid groups (broad SMARTS) is 1. The molecule has 1 saturated carbocycles. The molecule has 7 heteroatoms. The number of aryl methyl sites for hydroxylation is 1. The van der Waals surface area contributed by atoms with Crippen LogP contribution in [0.2, 0.25) is 0 Å². The van der Waals surface area contributed by atoms with E-state index >= 15 is 0 Å². The second-order valence-electron chi connectivity index (χ2n) is 5.97. The Morgan fingerprint density at radius 3 is 2.52 bits per heavy atom. The molecule has 126 valence electrons. The minimum absolute atomic E-state index is 0.169. The molecule has 0 unspecified atom stereocenters. The van der Waals surface area contributed by atoms with Gasteiger partial charge in [0.05, 0.1) is 10.8 Å². The Morgan fingerprint density at radius 1 is 1.30 bits per heavy atom. The molecule has 2 atom stereocenters. The van der Waals surface area contributed by atoms with Gasteiger partial charge in [-0.2, -0.15) is 0 Å². The average Bonchev–Trinajstić information content (AvgIpc) is 2.94. The van der Waals surface area contributed by atoms with Gasteiger partial charge in [-0.05, 0) is 43.4 Å². The molecule has 2 N–H and O–H groups in total. The van der Waals surface area contributed by atoms with E-state index in [0.717, 1.165) is 6.26 Å². The molecule has 1 aromatic rings. The highest BCUT2D eigenvalue weighted by molar-refractivity contribution is 7.90. The summed E-state index contributed by atoms with van der Waals surface area (Å²) in [6, 6.07) is 4.47. The SMILES string of the molecule is CCc1ccc(C(=O)N[C@@H]2CC[C@H](C(=O)O)C2)cc1S(C)(=O)=O. The highest BCUT2D eigenvalue weighted by Crippen LogP contribution is 2.26. The number of benzene rings is 1. The summed E-state index contributed by atoms with van der Waals surface area (Å²) in [5, 5.41) is 11.8. The lowest BCUT2D eigenvalue weighted by Crippen LogP contribution is -2.33. The largest absolute Gasteiger partial charge is 0.481 e. The van der Waals surface area contributed by atoms with Crippen molar-refractivity contribution in [3.05, 3.63) is 29.3 Å². The van der Waals surface area contributed by atoms with Crippen molar-refractivity contribution in [3.63, 3.8) is 0 Å². The van der Waals surface area contributed by atoms with Crippen LogP contribution in [0.3, 0.4) is 0 Å². The van der Waals surface area contributed by atoms with Gasteiger partial charge in [0.2, 0.25) is 0 Å². The van der Waals surface area contributed by atoms with Crippen LogP contribution in [0.1, 0.15) is 42.1 Å². The molecule has 0 spiro atoms. The molecule has 1 aliphatic carbocycles. The van der Waals surface area contributed by atoms with E-state index in [1.54, 1.807) is 12.1 Å². The highest BCUT2D eigenvalue weighted by atomic mass is 32.2. The van der Waals surface area contributed by atoms with Gasteiger partial charge in [0, 0.05) is 17.9 Å². The van der Waals surface area contributed by atoms with Gasteiger partial charge in [-0.3, -0.25) is 9.59 Å². The Morgan fingerprint density at radius 2 is 2.00 bits per heavy atom. The van der Waals surface area contributed by atoms with Crippen LogP contribution in [0.15, 0.2) is 23.1 Å². The third-order valence-corrected chi connectivity index (χ3v) is 5.41. The number of carboxylic acids is 1. The molecule has 1 aromatic carbocycles. The molecular weight excluding hydrogens is 318 g/mol. The number of nitrogens with one attached hydrogen (secondary N) is 1. The van der Waals surface area contributed by atoms with Crippen molar-refractivity contribution in [2.24, 2.45) is 5.92 Å². The lowest BCUT2D eigenvalue weighted by atomic mass is 10.1. The lowest BCUT2D eigenvalue weighted by Gasteiger charge is -2.14. The summed E-state index contributed by atoms with van der Waals surface area (Å²) in [4.78, 5) is 23.4. The zero-order valence-electron chi connectivity index (χ0n) is 13.2.